The lowest BCUT2D eigenvalue weighted by molar-refractivity contribution is 0.153. The minimum absolute atomic E-state index is 0.00259. The van der Waals surface area contributed by atoms with E-state index in [1.165, 1.54) is 18.2 Å². The van der Waals surface area contributed by atoms with Crippen molar-refractivity contribution < 1.29 is 9.50 Å². The molecule has 0 fully saturated rings. The number of benzene rings is 1. The van der Waals surface area contributed by atoms with Crippen LogP contribution in [-0.4, -0.2) is 11.1 Å². The predicted octanol–water partition coefficient (Wildman–Crippen LogP) is 1.86. The molecule has 1 aromatic rings. The van der Waals surface area contributed by atoms with Crippen molar-refractivity contribution in [2.75, 3.05) is 0 Å². The summed E-state index contributed by atoms with van der Waals surface area (Å²) in [4.78, 5) is 0. The van der Waals surface area contributed by atoms with Crippen molar-refractivity contribution in [2.24, 2.45) is 5.73 Å². The van der Waals surface area contributed by atoms with Crippen LogP contribution in [-0.2, 0) is 0 Å². The van der Waals surface area contributed by atoms with Crippen LogP contribution in [0.5, 0.6) is 0 Å². The summed E-state index contributed by atoms with van der Waals surface area (Å²) in [7, 11) is 0. The standard InChI is InChI=1S/C9H11ClFNO/c1-5(12)9(13)6-2-3-8(11)7(10)4-6/h2-5,9,13H,12H2,1H3/t5-,9-/m0/s1. The zero-order chi connectivity index (χ0) is 10.0. The Hall–Kier alpha value is -0.640. The molecule has 1 aromatic carbocycles. The fourth-order valence-electron chi connectivity index (χ4n) is 1.000. The number of halogens is 2. The van der Waals surface area contributed by atoms with Crippen molar-refractivity contribution in [1.29, 1.82) is 0 Å². The smallest absolute Gasteiger partial charge is 0.141 e. The Balaban J connectivity index is 2.97. The number of rotatable bonds is 2. The Kier molecular flexibility index (Phi) is 3.25. The van der Waals surface area contributed by atoms with Crippen LogP contribution in [0.3, 0.4) is 0 Å². The van der Waals surface area contributed by atoms with E-state index < -0.39 is 18.0 Å². The Labute approximate surface area is 81.1 Å². The molecule has 13 heavy (non-hydrogen) atoms. The van der Waals surface area contributed by atoms with E-state index in [1.54, 1.807) is 6.92 Å². The number of hydrogen-bond donors (Lipinski definition) is 2. The molecule has 2 atom stereocenters. The first-order chi connectivity index (χ1) is 6.02. The molecule has 0 unspecified atom stereocenters. The lowest BCUT2D eigenvalue weighted by Gasteiger charge is -2.14. The minimum Gasteiger partial charge on any atom is -0.387 e. The van der Waals surface area contributed by atoms with E-state index >= 15 is 0 Å². The summed E-state index contributed by atoms with van der Waals surface area (Å²) < 4.78 is 12.7. The van der Waals surface area contributed by atoms with Gasteiger partial charge in [0.1, 0.15) is 5.82 Å². The third kappa shape index (κ3) is 2.40. The van der Waals surface area contributed by atoms with Gasteiger partial charge in [-0.1, -0.05) is 17.7 Å². The van der Waals surface area contributed by atoms with E-state index in [9.17, 15) is 9.50 Å². The Morgan fingerprint density at radius 3 is 2.62 bits per heavy atom. The van der Waals surface area contributed by atoms with Gasteiger partial charge in [-0.3, -0.25) is 0 Å². The first-order valence-electron chi connectivity index (χ1n) is 3.91. The molecule has 1 rings (SSSR count). The van der Waals surface area contributed by atoms with Crippen LogP contribution in [0.1, 0.15) is 18.6 Å². The molecule has 0 aliphatic heterocycles. The molecule has 72 valence electrons. The molecule has 0 aliphatic rings. The Morgan fingerprint density at radius 1 is 1.54 bits per heavy atom. The molecule has 2 nitrogen and oxygen atoms in total. The van der Waals surface area contributed by atoms with E-state index in [1.807, 2.05) is 0 Å². The number of nitrogens with two attached hydrogens (primary N) is 1. The van der Waals surface area contributed by atoms with Gasteiger partial charge in [-0.2, -0.15) is 0 Å². The largest absolute Gasteiger partial charge is 0.387 e. The van der Waals surface area contributed by atoms with Crippen LogP contribution in [0.2, 0.25) is 5.02 Å². The number of aliphatic hydroxyl groups excluding tert-OH is 1. The molecule has 0 aliphatic carbocycles. The first-order valence-corrected chi connectivity index (χ1v) is 4.28. The maximum absolute atomic E-state index is 12.7. The van der Waals surface area contributed by atoms with E-state index in [0.29, 0.717) is 5.56 Å². The van der Waals surface area contributed by atoms with Crippen molar-refractivity contribution in [3.63, 3.8) is 0 Å². The van der Waals surface area contributed by atoms with Gasteiger partial charge in [0.15, 0.2) is 0 Å². The highest BCUT2D eigenvalue weighted by molar-refractivity contribution is 6.30. The number of hydrogen-bond acceptors (Lipinski definition) is 2. The van der Waals surface area contributed by atoms with E-state index in [2.05, 4.69) is 0 Å². The summed E-state index contributed by atoms with van der Waals surface area (Å²) in [5.41, 5.74) is 6.00. The third-order valence-corrected chi connectivity index (χ3v) is 2.07. The predicted molar refractivity (Wildman–Crippen MR) is 50.0 cm³/mol. The summed E-state index contributed by atoms with van der Waals surface area (Å²) >= 11 is 5.54. The summed E-state index contributed by atoms with van der Waals surface area (Å²) in [5.74, 6) is -0.498. The molecule has 0 saturated carbocycles. The van der Waals surface area contributed by atoms with Gasteiger partial charge in [-0.15, -0.1) is 0 Å². The van der Waals surface area contributed by atoms with Gasteiger partial charge in [-0.05, 0) is 24.6 Å². The van der Waals surface area contributed by atoms with E-state index in [4.69, 9.17) is 17.3 Å². The highest BCUT2D eigenvalue weighted by Crippen LogP contribution is 2.21. The summed E-state index contributed by atoms with van der Waals surface area (Å²) in [6, 6.07) is 3.66. The molecule has 0 radical (unpaired) electrons. The van der Waals surface area contributed by atoms with E-state index in [-0.39, 0.29) is 5.02 Å². The van der Waals surface area contributed by atoms with Gasteiger partial charge in [0, 0.05) is 6.04 Å². The van der Waals surface area contributed by atoms with Gasteiger partial charge in [0.2, 0.25) is 0 Å². The molecule has 0 amide bonds. The molecule has 0 aromatic heterocycles. The Morgan fingerprint density at radius 2 is 2.15 bits per heavy atom. The van der Waals surface area contributed by atoms with Gasteiger partial charge in [-0.25, -0.2) is 4.39 Å². The molecular formula is C9H11ClFNO. The van der Waals surface area contributed by atoms with Crippen molar-refractivity contribution in [1.82, 2.24) is 0 Å². The van der Waals surface area contributed by atoms with Gasteiger partial charge in [0.25, 0.3) is 0 Å². The van der Waals surface area contributed by atoms with Crippen LogP contribution in [0.25, 0.3) is 0 Å². The van der Waals surface area contributed by atoms with Crippen molar-refractivity contribution in [3.8, 4) is 0 Å². The van der Waals surface area contributed by atoms with E-state index in [0.717, 1.165) is 0 Å². The molecule has 3 N–H and O–H groups in total. The van der Waals surface area contributed by atoms with Crippen LogP contribution in [0.15, 0.2) is 18.2 Å². The number of aliphatic hydroxyl groups is 1. The normalized spacial score (nSPS) is 15.5. The van der Waals surface area contributed by atoms with Crippen molar-refractivity contribution >= 4 is 11.6 Å². The fourth-order valence-corrected chi connectivity index (χ4v) is 1.19. The van der Waals surface area contributed by atoms with Crippen molar-refractivity contribution in [3.05, 3.63) is 34.6 Å². The summed E-state index contributed by atoms with van der Waals surface area (Å²) in [5, 5.41) is 9.50. The minimum atomic E-state index is -0.807. The fraction of sp³-hybridized carbons (Fsp3) is 0.333. The molecule has 0 spiro atoms. The highest BCUT2D eigenvalue weighted by atomic mass is 35.5. The topological polar surface area (TPSA) is 46.2 Å². The maximum atomic E-state index is 12.7. The van der Waals surface area contributed by atoms with Crippen LogP contribution in [0.4, 0.5) is 4.39 Å². The molecular weight excluding hydrogens is 193 g/mol. The zero-order valence-electron chi connectivity index (χ0n) is 7.17. The Bertz CT molecular complexity index is 304. The van der Waals surface area contributed by atoms with Crippen molar-refractivity contribution in [2.45, 2.75) is 19.1 Å². The van der Waals surface area contributed by atoms with Crippen LogP contribution >= 0.6 is 11.6 Å². The lowest BCUT2D eigenvalue weighted by Crippen LogP contribution is -2.24. The average Bonchev–Trinajstić information content (AvgIpc) is 2.08. The van der Waals surface area contributed by atoms with Gasteiger partial charge < -0.3 is 10.8 Å². The summed E-state index contributed by atoms with van der Waals surface area (Å²) in [6.45, 7) is 1.67. The first kappa shape index (κ1) is 10.4. The molecule has 0 heterocycles. The molecule has 0 bridgehead atoms. The molecule has 0 saturated heterocycles. The second-order valence-corrected chi connectivity index (χ2v) is 3.38. The SMILES string of the molecule is C[C@H](N)[C@H](O)c1ccc(F)c(Cl)c1. The second kappa shape index (κ2) is 4.05. The maximum Gasteiger partial charge on any atom is 0.141 e. The summed E-state index contributed by atoms with van der Waals surface area (Å²) in [6.07, 6.45) is -0.807. The van der Waals surface area contributed by atoms with Gasteiger partial charge >= 0.3 is 0 Å². The highest BCUT2D eigenvalue weighted by Gasteiger charge is 2.13. The monoisotopic (exact) mass is 203 g/mol. The van der Waals surface area contributed by atoms with Crippen LogP contribution < -0.4 is 5.73 Å². The second-order valence-electron chi connectivity index (χ2n) is 2.98. The average molecular weight is 204 g/mol. The third-order valence-electron chi connectivity index (χ3n) is 1.78. The molecule has 4 heteroatoms. The van der Waals surface area contributed by atoms with Crippen LogP contribution in [0, 0.1) is 5.82 Å². The lowest BCUT2D eigenvalue weighted by atomic mass is 10.0. The zero-order valence-corrected chi connectivity index (χ0v) is 7.92. The van der Waals surface area contributed by atoms with Gasteiger partial charge in [0.05, 0.1) is 11.1 Å². The quantitative estimate of drug-likeness (QED) is 0.771.